The molecule has 0 atom stereocenters. The molecule has 0 bridgehead atoms. The van der Waals surface area contributed by atoms with Crippen molar-refractivity contribution in [1.82, 2.24) is 20.2 Å². The van der Waals surface area contributed by atoms with Crippen LogP contribution in [0, 0.1) is 5.92 Å². The molecule has 2 rings (SSSR count). The summed E-state index contributed by atoms with van der Waals surface area (Å²) in [6, 6.07) is 0. The number of carbonyl (C=O) groups is 1. The Balaban J connectivity index is 1.63. The SMILES string of the molecule is COCCN1CCC(CNC(=O)CN(C)c2cnccn2)CC1. The van der Waals surface area contributed by atoms with Gasteiger partial charge in [0, 0.05) is 39.6 Å². The summed E-state index contributed by atoms with van der Waals surface area (Å²) >= 11 is 0. The summed E-state index contributed by atoms with van der Waals surface area (Å²) in [4.78, 5) is 24.5. The zero-order valence-electron chi connectivity index (χ0n) is 14.1. The Bertz CT molecular complexity index is 463. The second-order valence-electron chi connectivity index (χ2n) is 6.00. The van der Waals surface area contributed by atoms with Crippen LogP contribution in [0.2, 0.25) is 0 Å². The fourth-order valence-corrected chi connectivity index (χ4v) is 2.73. The Labute approximate surface area is 138 Å². The van der Waals surface area contributed by atoms with Gasteiger partial charge in [0.2, 0.25) is 5.91 Å². The fraction of sp³-hybridized carbons (Fsp3) is 0.688. The molecule has 0 aromatic carbocycles. The number of likely N-dealkylation sites (tertiary alicyclic amines) is 1. The van der Waals surface area contributed by atoms with Crippen LogP contribution in [-0.2, 0) is 9.53 Å². The van der Waals surface area contributed by atoms with Crippen LogP contribution in [0.4, 0.5) is 5.82 Å². The van der Waals surface area contributed by atoms with E-state index in [1.54, 1.807) is 30.6 Å². The first-order chi connectivity index (χ1) is 11.2. The van der Waals surface area contributed by atoms with Gasteiger partial charge < -0.3 is 19.9 Å². The highest BCUT2D eigenvalue weighted by molar-refractivity contribution is 5.80. The van der Waals surface area contributed by atoms with Crippen LogP contribution in [-0.4, -0.2) is 74.3 Å². The third-order valence-electron chi connectivity index (χ3n) is 4.23. The number of hydrogen-bond donors (Lipinski definition) is 1. The molecule has 128 valence electrons. The second-order valence-corrected chi connectivity index (χ2v) is 6.00. The molecular formula is C16H27N5O2. The first kappa shape index (κ1) is 17.6. The number of ether oxygens (including phenoxy) is 1. The Kier molecular flexibility index (Phi) is 7.22. The summed E-state index contributed by atoms with van der Waals surface area (Å²) < 4.78 is 5.11. The zero-order chi connectivity index (χ0) is 16.5. The van der Waals surface area contributed by atoms with Gasteiger partial charge in [-0.3, -0.25) is 9.78 Å². The number of rotatable bonds is 8. The normalized spacial score (nSPS) is 16.3. The molecule has 7 heteroatoms. The molecule has 1 fully saturated rings. The van der Waals surface area contributed by atoms with Crippen molar-refractivity contribution in [3.63, 3.8) is 0 Å². The van der Waals surface area contributed by atoms with Gasteiger partial charge in [-0.15, -0.1) is 0 Å². The van der Waals surface area contributed by atoms with Crippen molar-refractivity contribution in [2.24, 2.45) is 5.92 Å². The second kappa shape index (κ2) is 9.42. The number of nitrogens with zero attached hydrogens (tertiary/aromatic N) is 4. The topological polar surface area (TPSA) is 70.6 Å². The number of carbonyl (C=O) groups excluding carboxylic acids is 1. The van der Waals surface area contributed by atoms with Crippen LogP contribution in [0.25, 0.3) is 0 Å². The van der Waals surface area contributed by atoms with Gasteiger partial charge in [-0.05, 0) is 31.8 Å². The maximum Gasteiger partial charge on any atom is 0.239 e. The van der Waals surface area contributed by atoms with E-state index in [1.165, 1.54) is 0 Å². The molecular weight excluding hydrogens is 294 g/mol. The van der Waals surface area contributed by atoms with Crippen LogP contribution in [0.15, 0.2) is 18.6 Å². The van der Waals surface area contributed by atoms with E-state index >= 15 is 0 Å². The lowest BCUT2D eigenvalue weighted by Crippen LogP contribution is -2.42. The van der Waals surface area contributed by atoms with Crippen molar-refractivity contribution in [1.29, 1.82) is 0 Å². The van der Waals surface area contributed by atoms with Crippen LogP contribution in [0.5, 0.6) is 0 Å². The third-order valence-corrected chi connectivity index (χ3v) is 4.23. The highest BCUT2D eigenvalue weighted by Crippen LogP contribution is 2.16. The monoisotopic (exact) mass is 321 g/mol. The number of hydrogen-bond acceptors (Lipinski definition) is 6. The number of anilines is 1. The largest absolute Gasteiger partial charge is 0.383 e. The first-order valence-corrected chi connectivity index (χ1v) is 8.14. The lowest BCUT2D eigenvalue weighted by molar-refractivity contribution is -0.120. The first-order valence-electron chi connectivity index (χ1n) is 8.14. The van der Waals surface area contributed by atoms with Crippen LogP contribution in [0.3, 0.4) is 0 Å². The summed E-state index contributed by atoms with van der Waals surface area (Å²) in [5.74, 6) is 1.30. The Morgan fingerprint density at radius 2 is 2.22 bits per heavy atom. The summed E-state index contributed by atoms with van der Waals surface area (Å²) in [6.45, 7) is 5.01. The number of piperidine rings is 1. The summed E-state index contributed by atoms with van der Waals surface area (Å²) in [6.07, 6.45) is 7.16. The summed E-state index contributed by atoms with van der Waals surface area (Å²) in [7, 11) is 3.58. The van der Waals surface area contributed by atoms with E-state index in [4.69, 9.17) is 4.74 Å². The molecule has 0 saturated carbocycles. The minimum atomic E-state index is 0.0277. The van der Waals surface area contributed by atoms with Gasteiger partial charge in [0.25, 0.3) is 0 Å². The van der Waals surface area contributed by atoms with E-state index in [0.717, 1.165) is 45.6 Å². The van der Waals surface area contributed by atoms with E-state index < -0.39 is 0 Å². The fourth-order valence-electron chi connectivity index (χ4n) is 2.73. The summed E-state index contributed by atoms with van der Waals surface area (Å²) in [5, 5.41) is 3.04. The maximum atomic E-state index is 12.0. The van der Waals surface area contributed by atoms with Gasteiger partial charge in [0.1, 0.15) is 5.82 Å². The van der Waals surface area contributed by atoms with Crippen LogP contribution >= 0.6 is 0 Å². The van der Waals surface area contributed by atoms with Gasteiger partial charge >= 0.3 is 0 Å². The van der Waals surface area contributed by atoms with Crippen molar-refractivity contribution in [3.05, 3.63) is 18.6 Å². The van der Waals surface area contributed by atoms with Crippen LogP contribution < -0.4 is 10.2 Å². The smallest absolute Gasteiger partial charge is 0.239 e. The third kappa shape index (κ3) is 6.11. The van der Waals surface area contributed by atoms with Crippen molar-refractivity contribution in [2.45, 2.75) is 12.8 Å². The quantitative estimate of drug-likeness (QED) is 0.747. The predicted octanol–water partition coefficient (Wildman–Crippen LogP) is 0.387. The molecule has 0 spiro atoms. The van der Waals surface area contributed by atoms with E-state index in [2.05, 4.69) is 20.2 Å². The number of likely N-dealkylation sites (N-methyl/N-ethyl adjacent to an activating group) is 1. The van der Waals surface area contributed by atoms with Gasteiger partial charge in [-0.2, -0.15) is 0 Å². The van der Waals surface area contributed by atoms with Gasteiger partial charge in [0.05, 0.1) is 19.3 Å². The van der Waals surface area contributed by atoms with Crippen LogP contribution in [0.1, 0.15) is 12.8 Å². The number of nitrogens with one attached hydrogen (secondary N) is 1. The van der Waals surface area contributed by atoms with Crippen molar-refractivity contribution in [3.8, 4) is 0 Å². The molecule has 1 aromatic rings. The highest BCUT2D eigenvalue weighted by atomic mass is 16.5. The molecule has 0 aliphatic carbocycles. The van der Waals surface area contributed by atoms with E-state index in [0.29, 0.717) is 18.3 Å². The standard InChI is InChI=1S/C16H27N5O2/c1-20(15-12-17-5-6-18-15)13-16(22)19-11-14-3-7-21(8-4-14)9-10-23-2/h5-6,12,14H,3-4,7-11,13H2,1-2H3,(H,19,22). The Hall–Kier alpha value is -1.73. The average Bonchev–Trinajstić information content (AvgIpc) is 2.59. The van der Waals surface area contributed by atoms with Gasteiger partial charge in [-0.1, -0.05) is 0 Å². The molecule has 1 aliphatic rings. The highest BCUT2D eigenvalue weighted by Gasteiger charge is 2.19. The Morgan fingerprint density at radius 3 is 2.87 bits per heavy atom. The molecule has 1 aliphatic heterocycles. The maximum absolute atomic E-state index is 12.0. The number of aromatic nitrogens is 2. The predicted molar refractivity (Wildman–Crippen MR) is 89.4 cm³/mol. The molecule has 1 saturated heterocycles. The molecule has 2 heterocycles. The molecule has 1 aromatic heterocycles. The lowest BCUT2D eigenvalue weighted by Gasteiger charge is -2.31. The molecule has 0 unspecified atom stereocenters. The molecule has 23 heavy (non-hydrogen) atoms. The zero-order valence-corrected chi connectivity index (χ0v) is 14.1. The lowest BCUT2D eigenvalue weighted by atomic mass is 9.97. The molecule has 1 N–H and O–H groups in total. The van der Waals surface area contributed by atoms with E-state index in [9.17, 15) is 4.79 Å². The van der Waals surface area contributed by atoms with Crippen molar-refractivity contribution in [2.75, 3.05) is 58.4 Å². The van der Waals surface area contributed by atoms with Gasteiger partial charge in [-0.25, -0.2) is 4.98 Å². The number of methoxy groups -OCH3 is 1. The van der Waals surface area contributed by atoms with Crippen molar-refractivity contribution >= 4 is 11.7 Å². The van der Waals surface area contributed by atoms with Crippen molar-refractivity contribution < 1.29 is 9.53 Å². The minimum absolute atomic E-state index is 0.0277. The summed E-state index contributed by atoms with van der Waals surface area (Å²) in [5.41, 5.74) is 0. The average molecular weight is 321 g/mol. The number of amides is 1. The molecule has 0 radical (unpaired) electrons. The Morgan fingerprint density at radius 1 is 1.43 bits per heavy atom. The molecule has 1 amide bonds. The molecule has 7 nitrogen and oxygen atoms in total. The van der Waals surface area contributed by atoms with Gasteiger partial charge in [0.15, 0.2) is 0 Å². The van der Waals surface area contributed by atoms with E-state index in [-0.39, 0.29) is 5.91 Å². The van der Waals surface area contributed by atoms with E-state index in [1.807, 2.05) is 7.05 Å². The minimum Gasteiger partial charge on any atom is -0.383 e.